The first-order valence-corrected chi connectivity index (χ1v) is 8.00. The van der Waals surface area contributed by atoms with Crippen molar-refractivity contribution in [2.24, 2.45) is 5.73 Å². The molecule has 130 valence electrons. The second kappa shape index (κ2) is 10.7. The standard InChI is InChI=1S/C19H24N2O2.ClH/c1-2-3-12-23-17-11-7-8-15(13-17)14-21-19(22)18(20)16-9-5-4-6-10-16;/h4-11,13,18H,2-3,12,14,20H2,1H3,(H,21,22);1H. The summed E-state index contributed by atoms with van der Waals surface area (Å²) >= 11 is 0. The molecule has 0 aliphatic rings. The minimum Gasteiger partial charge on any atom is -0.494 e. The van der Waals surface area contributed by atoms with Crippen molar-refractivity contribution in [3.05, 3.63) is 65.7 Å². The number of hydrogen-bond donors (Lipinski definition) is 2. The van der Waals surface area contributed by atoms with E-state index in [9.17, 15) is 4.79 Å². The first-order chi connectivity index (χ1) is 11.2. The number of ether oxygens (including phenoxy) is 1. The number of nitrogens with one attached hydrogen (secondary N) is 1. The fraction of sp³-hybridized carbons (Fsp3) is 0.316. The lowest BCUT2D eigenvalue weighted by Crippen LogP contribution is -2.33. The number of amides is 1. The summed E-state index contributed by atoms with van der Waals surface area (Å²) in [6.45, 7) is 3.28. The minimum absolute atomic E-state index is 0. The van der Waals surface area contributed by atoms with Gasteiger partial charge < -0.3 is 15.8 Å². The number of halogens is 1. The second-order valence-corrected chi connectivity index (χ2v) is 5.46. The first kappa shape index (κ1) is 20.0. The molecule has 0 heterocycles. The summed E-state index contributed by atoms with van der Waals surface area (Å²) in [4.78, 5) is 12.1. The summed E-state index contributed by atoms with van der Waals surface area (Å²) in [6.07, 6.45) is 2.14. The number of carbonyl (C=O) groups is 1. The van der Waals surface area contributed by atoms with Crippen molar-refractivity contribution in [1.82, 2.24) is 5.32 Å². The Bertz CT molecular complexity index is 620. The monoisotopic (exact) mass is 348 g/mol. The first-order valence-electron chi connectivity index (χ1n) is 8.00. The molecule has 0 saturated carbocycles. The summed E-state index contributed by atoms with van der Waals surface area (Å²) in [5, 5.41) is 2.87. The third kappa shape index (κ3) is 6.22. The number of rotatable bonds is 8. The van der Waals surface area contributed by atoms with Crippen LogP contribution in [0.2, 0.25) is 0 Å². The van der Waals surface area contributed by atoms with E-state index >= 15 is 0 Å². The Morgan fingerprint density at radius 1 is 1.17 bits per heavy atom. The van der Waals surface area contributed by atoms with E-state index in [1.165, 1.54) is 0 Å². The smallest absolute Gasteiger partial charge is 0.241 e. The molecule has 0 spiro atoms. The SMILES string of the molecule is CCCCOc1cccc(CNC(=O)C(N)c2ccccc2)c1.Cl. The van der Waals surface area contributed by atoms with E-state index < -0.39 is 6.04 Å². The fourth-order valence-corrected chi connectivity index (χ4v) is 2.19. The highest BCUT2D eigenvalue weighted by atomic mass is 35.5. The highest BCUT2D eigenvalue weighted by molar-refractivity contribution is 5.85. The molecule has 1 amide bonds. The van der Waals surface area contributed by atoms with E-state index in [0.29, 0.717) is 13.2 Å². The van der Waals surface area contributed by atoms with Crippen LogP contribution in [0, 0.1) is 0 Å². The molecule has 0 fully saturated rings. The van der Waals surface area contributed by atoms with Gasteiger partial charge in [0.1, 0.15) is 11.8 Å². The predicted molar refractivity (Wildman–Crippen MR) is 99.3 cm³/mol. The van der Waals surface area contributed by atoms with Crippen molar-refractivity contribution >= 4 is 18.3 Å². The van der Waals surface area contributed by atoms with Crippen molar-refractivity contribution in [3.63, 3.8) is 0 Å². The van der Waals surface area contributed by atoms with Gasteiger partial charge in [-0.3, -0.25) is 4.79 Å². The molecule has 2 aromatic rings. The minimum atomic E-state index is -0.653. The lowest BCUT2D eigenvalue weighted by molar-refractivity contribution is -0.122. The molecule has 0 saturated heterocycles. The van der Waals surface area contributed by atoms with Gasteiger partial charge in [0.25, 0.3) is 0 Å². The van der Waals surface area contributed by atoms with E-state index in [-0.39, 0.29) is 18.3 Å². The van der Waals surface area contributed by atoms with E-state index in [0.717, 1.165) is 29.7 Å². The van der Waals surface area contributed by atoms with Crippen molar-refractivity contribution < 1.29 is 9.53 Å². The lowest BCUT2D eigenvalue weighted by Gasteiger charge is -2.13. The van der Waals surface area contributed by atoms with Gasteiger partial charge in [0, 0.05) is 6.54 Å². The number of carbonyl (C=O) groups excluding carboxylic acids is 1. The zero-order valence-electron chi connectivity index (χ0n) is 13.9. The quantitative estimate of drug-likeness (QED) is 0.716. The molecule has 0 bridgehead atoms. The molecular weight excluding hydrogens is 324 g/mol. The zero-order valence-corrected chi connectivity index (χ0v) is 14.7. The van der Waals surface area contributed by atoms with Crippen LogP contribution in [0.25, 0.3) is 0 Å². The van der Waals surface area contributed by atoms with Crippen LogP contribution < -0.4 is 15.8 Å². The predicted octanol–water partition coefficient (Wildman–Crippen LogP) is 3.60. The van der Waals surface area contributed by atoms with Crippen molar-refractivity contribution in [2.75, 3.05) is 6.61 Å². The number of unbranched alkanes of at least 4 members (excludes halogenated alkanes) is 1. The van der Waals surface area contributed by atoms with Gasteiger partial charge in [0.2, 0.25) is 5.91 Å². The van der Waals surface area contributed by atoms with Gasteiger partial charge in [-0.2, -0.15) is 0 Å². The number of hydrogen-bond acceptors (Lipinski definition) is 3. The molecule has 0 aliphatic heterocycles. The molecule has 0 aromatic heterocycles. The summed E-state index contributed by atoms with van der Waals surface area (Å²) in [6, 6.07) is 16.5. The molecule has 0 radical (unpaired) electrons. The Hall–Kier alpha value is -2.04. The maximum Gasteiger partial charge on any atom is 0.241 e. The summed E-state index contributed by atoms with van der Waals surface area (Å²) in [5.74, 6) is 0.645. The van der Waals surface area contributed by atoms with Crippen LogP contribution in [0.3, 0.4) is 0 Å². The van der Waals surface area contributed by atoms with Crippen LogP contribution in [0.1, 0.15) is 36.9 Å². The highest BCUT2D eigenvalue weighted by Crippen LogP contribution is 2.14. The molecule has 1 atom stereocenters. The van der Waals surface area contributed by atoms with Gasteiger partial charge in [-0.15, -0.1) is 12.4 Å². The molecule has 2 rings (SSSR count). The number of nitrogens with two attached hydrogens (primary N) is 1. The Labute approximate surface area is 149 Å². The second-order valence-electron chi connectivity index (χ2n) is 5.46. The maximum absolute atomic E-state index is 12.1. The van der Waals surface area contributed by atoms with Crippen LogP contribution in [0.5, 0.6) is 5.75 Å². The molecule has 4 nitrogen and oxygen atoms in total. The van der Waals surface area contributed by atoms with Crippen molar-refractivity contribution in [1.29, 1.82) is 0 Å². The van der Waals surface area contributed by atoms with E-state index in [1.54, 1.807) is 0 Å². The van der Waals surface area contributed by atoms with Gasteiger partial charge >= 0.3 is 0 Å². The maximum atomic E-state index is 12.1. The Morgan fingerprint density at radius 3 is 2.62 bits per heavy atom. The molecule has 5 heteroatoms. The van der Waals surface area contributed by atoms with E-state index in [2.05, 4.69) is 12.2 Å². The van der Waals surface area contributed by atoms with Gasteiger partial charge in [-0.05, 0) is 29.7 Å². The van der Waals surface area contributed by atoms with Gasteiger partial charge in [0.15, 0.2) is 0 Å². The van der Waals surface area contributed by atoms with Gasteiger partial charge in [0.05, 0.1) is 6.61 Å². The summed E-state index contributed by atoms with van der Waals surface area (Å²) < 4.78 is 5.67. The lowest BCUT2D eigenvalue weighted by atomic mass is 10.1. The summed E-state index contributed by atoms with van der Waals surface area (Å²) in [5.41, 5.74) is 7.78. The molecule has 1 unspecified atom stereocenters. The van der Waals surface area contributed by atoms with E-state index in [4.69, 9.17) is 10.5 Å². The van der Waals surface area contributed by atoms with Crippen molar-refractivity contribution in [2.45, 2.75) is 32.4 Å². The normalized spacial score (nSPS) is 11.2. The largest absolute Gasteiger partial charge is 0.494 e. The third-order valence-corrected chi connectivity index (χ3v) is 3.57. The third-order valence-electron chi connectivity index (χ3n) is 3.57. The summed E-state index contributed by atoms with van der Waals surface area (Å²) in [7, 11) is 0. The highest BCUT2D eigenvalue weighted by Gasteiger charge is 2.14. The van der Waals surface area contributed by atoms with Crippen LogP contribution in [-0.4, -0.2) is 12.5 Å². The Kier molecular flexibility index (Phi) is 8.90. The molecule has 3 N–H and O–H groups in total. The van der Waals surface area contributed by atoms with Crippen LogP contribution in [-0.2, 0) is 11.3 Å². The topological polar surface area (TPSA) is 64.3 Å². The van der Waals surface area contributed by atoms with E-state index in [1.807, 2.05) is 54.6 Å². The van der Waals surface area contributed by atoms with Gasteiger partial charge in [-0.1, -0.05) is 55.8 Å². The van der Waals surface area contributed by atoms with Crippen LogP contribution >= 0.6 is 12.4 Å². The Morgan fingerprint density at radius 2 is 1.92 bits per heavy atom. The molecule has 0 aliphatic carbocycles. The fourth-order valence-electron chi connectivity index (χ4n) is 2.19. The number of benzene rings is 2. The zero-order chi connectivity index (χ0) is 16.5. The molecule has 24 heavy (non-hydrogen) atoms. The average molecular weight is 349 g/mol. The van der Waals surface area contributed by atoms with Crippen LogP contribution in [0.4, 0.5) is 0 Å². The van der Waals surface area contributed by atoms with Crippen LogP contribution in [0.15, 0.2) is 54.6 Å². The van der Waals surface area contributed by atoms with Gasteiger partial charge in [-0.25, -0.2) is 0 Å². The molecular formula is C19H25ClN2O2. The average Bonchev–Trinajstić information content (AvgIpc) is 2.60. The van der Waals surface area contributed by atoms with Crippen molar-refractivity contribution in [3.8, 4) is 5.75 Å². The Balaban J connectivity index is 0.00000288. The molecule has 2 aromatic carbocycles.